The fourth-order valence-corrected chi connectivity index (χ4v) is 5.58. The van der Waals surface area contributed by atoms with Gasteiger partial charge in [-0.25, -0.2) is 8.42 Å². The summed E-state index contributed by atoms with van der Waals surface area (Å²) >= 11 is 0. The van der Waals surface area contributed by atoms with E-state index in [-0.39, 0.29) is 11.7 Å². The Morgan fingerprint density at radius 2 is 1.61 bits per heavy atom. The minimum atomic E-state index is -4.39. The average Bonchev–Trinajstić information content (AvgIpc) is 3.16. The number of alkyl halides is 3. The van der Waals surface area contributed by atoms with Crippen LogP contribution in [0.1, 0.15) is 17.5 Å². The third kappa shape index (κ3) is 5.32. The quantitative estimate of drug-likeness (QED) is 0.629. The van der Waals surface area contributed by atoms with Crippen molar-refractivity contribution in [3.05, 3.63) is 65.7 Å². The molecule has 0 spiro atoms. The summed E-state index contributed by atoms with van der Waals surface area (Å²) in [5.41, 5.74) is 1.19. The fraction of sp³-hybridized carbons (Fsp3) is 0.348. The van der Waals surface area contributed by atoms with Crippen LogP contribution < -0.4 is 9.21 Å². The predicted octanol–water partition coefficient (Wildman–Crippen LogP) is 3.61. The fourth-order valence-electron chi connectivity index (χ4n) is 4.02. The minimum absolute atomic E-state index is 0.157. The van der Waals surface area contributed by atoms with E-state index in [2.05, 4.69) is 0 Å². The molecule has 0 radical (unpaired) electrons. The molecule has 2 aliphatic heterocycles. The van der Waals surface area contributed by atoms with Gasteiger partial charge in [0.2, 0.25) is 15.9 Å². The lowest BCUT2D eigenvalue weighted by molar-refractivity contribution is -0.137. The zero-order chi connectivity index (χ0) is 23.6. The molecule has 0 saturated carbocycles. The van der Waals surface area contributed by atoms with Gasteiger partial charge in [-0.05, 0) is 48.4 Å². The molecule has 0 aromatic heterocycles. The van der Waals surface area contributed by atoms with Gasteiger partial charge in [0.15, 0.2) is 0 Å². The molecule has 0 aliphatic carbocycles. The van der Waals surface area contributed by atoms with E-state index < -0.39 is 21.8 Å². The number of rotatable bonds is 4. The molecule has 0 unspecified atom stereocenters. The molecule has 2 fully saturated rings. The van der Waals surface area contributed by atoms with E-state index in [1.165, 1.54) is 16.4 Å². The van der Waals surface area contributed by atoms with E-state index in [0.29, 0.717) is 50.5 Å². The van der Waals surface area contributed by atoms with Crippen molar-refractivity contribution in [3.63, 3.8) is 0 Å². The molecule has 1 amide bonds. The second kappa shape index (κ2) is 9.09. The molecule has 176 valence electrons. The van der Waals surface area contributed by atoms with Crippen molar-refractivity contribution in [2.24, 2.45) is 0 Å². The van der Waals surface area contributed by atoms with Crippen LogP contribution in [0, 0.1) is 0 Å². The molecule has 2 aromatic rings. The molecule has 33 heavy (non-hydrogen) atoms. The second-order valence-corrected chi connectivity index (χ2v) is 10.0. The third-order valence-electron chi connectivity index (χ3n) is 5.83. The molecule has 6 nitrogen and oxygen atoms in total. The van der Waals surface area contributed by atoms with Crippen LogP contribution in [0.4, 0.5) is 24.5 Å². The topological polar surface area (TPSA) is 60.9 Å². The van der Waals surface area contributed by atoms with Crippen LogP contribution in [0.25, 0.3) is 6.08 Å². The second-order valence-electron chi connectivity index (χ2n) is 8.03. The first kappa shape index (κ1) is 23.2. The monoisotopic (exact) mass is 479 g/mol. The number of carbonyl (C=O) groups is 1. The Kier molecular flexibility index (Phi) is 6.38. The average molecular weight is 480 g/mol. The minimum Gasteiger partial charge on any atom is -0.368 e. The summed E-state index contributed by atoms with van der Waals surface area (Å²) in [7, 11) is -3.23. The summed E-state index contributed by atoms with van der Waals surface area (Å²) in [6.07, 6.45) is -0.648. The standard InChI is InChI=1S/C23H24F3N3O3S/c24-23(25,26)19-3-1-4-21(17-19)27-12-14-28(15-13-27)22(30)10-7-18-5-8-20(9-6-18)29-11-2-16-33(29,31)32/h1,3-10,17H,2,11-16H2/b10-7+. The van der Waals surface area contributed by atoms with Crippen molar-refractivity contribution in [1.29, 1.82) is 0 Å². The van der Waals surface area contributed by atoms with Gasteiger partial charge in [0, 0.05) is 44.5 Å². The van der Waals surface area contributed by atoms with Gasteiger partial charge >= 0.3 is 6.18 Å². The van der Waals surface area contributed by atoms with Crippen LogP contribution in [0.2, 0.25) is 0 Å². The zero-order valence-corrected chi connectivity index (χ0v) is 18.6. The van der Waals surface area contributed by atoms with Gasteiger partial charge in [-0.1, -0.05) is 18.2 Å². The Balaban J connectivity index is 1.33. The first-order valence-corrected chi connectivity index (χ1v) is 12.2. The van der Waals surface area contributed by atoms with E-state index in [1.54, 1.807) is 41.3 Å². The van der Waals surface area contributed by atoms with E-state index in [1.807, 2.05) is 4.90 Å². The summed E-state index contributed by atoms with van der Waals surface area (Å²) < 4.78 is 64.3. The Hall–Kier alpha value is -3.01. The smallest absolute Gasteiger partial charge is 0.368 e. The molecule has 2 aromatic carbocycles. The molecule has 0 N–H and O–H groups in total. The van der Waals surface area contributed by atoms with Crippen molar-refractivity contribution in [3.8, 4) is 0 Å². The van der Waals surface area contributed by atoms with Gasteiger partial charge in [-0.2, -0.15) is 13.2 Å². The number of hydrogen-bond donors (Lipinski definition) is 0. The number of piperazine rings is 1. The number of carbonyl (C=O) groups excluding carboxylic acids is 1. The number of amides is 1. The van der Waals surface area contributed by atoms with Crippen LogP contribution in [-0.4, -0.2) is 57.7 Å². The molecule has 4 rings (SSSR count). The Bertz CT molecular complexity index is 1140. The van der Waals surface area contributed by atoms with E-state index in [4.69, 9.17) is 0 Å². The molecule has 10 heteroatoms. The molecule has 2 aliphatic rings. The van der Waals surface area contributed by atoms with Crippen LogP contribution >= 0.6 is 0 Å². The first-order chi connectivity index (χ1) is 15.6. The van der Waals surface area contributed by atoms with Gasteiger partial charge in [0.1, 0.15) is 0 Å². The Morgan fingerprint density at radius 3 is 2.21 bits per heavy atom. The highest BCUT2D eigenvalue weighted by atomic mass is 32.2. The summed E-state index contributed by atoms with van der Waals surface area (Å²) in [6, 6.07) is 12.2. The largest absolute Gasteiger partial charge is 0.416 e. The number of anilines is 2. The highest BCUT2D eigenvalue weighted by molar-refractivity contribution is 7.93. The maximum atomic E-state index is 13.0. The van der Waals surface area contributed by atoms with Crippen LogP contribution in [0.15, 0.2) is 54.6 Å². The normalized spacial score (nSPS) is 18.8. The Morgan fingerprint density at radius 1 is 0.909 bits per heavy atom. The lowest BCUT2D eigenvalue weighted by Crippen LogP contribution is -2.48. The molecule has 0 bridgehead atoms. The van der Waals surface area contributed by atoms with Crippen molar-refractivity contribution in [1.82, 2.24) is 4.90 Å². The number of hydrogen-bond acceptors (Lipinski definition) is 4. The molecule has 2 saturated heterocycles. The number of halogens is 3. The number of sulfonamides is 1. The van der Waals surface area contributed by atoms with Gasteiger partial charge in [-0.15, -0.1) is 0 Å². The van der Waals surface area contributed by atoms with Gasteiger partial charge in [-0.3, -0.25) is 9.10 Å². The SMILES string of the molecule is O=C(/C=C/c1ccc(N2CCCS2(=O)=O)cc1)N1CCN(c2cccc(C(F)(F)F)c2)CC1. The van der Waals surface area contributed by atoms with Crippen molar-refractivity contribution >= 4 is 33.4 Å². The number of benzene rings is 2. The zero-order valence-electron chi connectivity index (χ0n) is 17.8. The first-order valence-electron chi connectivity index (χ1n) is 10.6. The summed E-state index contributed by atoms with van der Waals surface area (Å²) in [6.45, 7) is 2.18. The lowest BCUT2D eigenvalue weighted by Gasteiger charge is -2.35. The van der Waals surface area contributed by atoms with Crippen molar-refractivity contribution in [2.45, 2.75) is 12.6 Å². The molecule has 2 heterocycles. The van der Waals surface area contributed by atoms with E-state index in [9.17, 15) is 26.4 Å². The summed E-state index contributed by atoms with van der Waals surface area (Å²) in [4.78, 5) is 16.0. The van der Waals surface area contributed by atoms with Crippen molar-refractivity contribution < 1.29 is 26.4 Å². The summed E-state index contributed by atoms with van der Waals surface area (Å²) in [5, 5.41) is 0. The van der Waals surface area contributed by atoms with Crippen molar-refractivity contribution in [2.75, 3.05) is 47.7 Å². The van der Waals surface area contributed by atoms with Gasteiger partial charge < -0.3 is 9.80 Å². The van der Waals surface area contributed by atoms with Crippen LogP contribution in [-0.2, 0) is 21.0 Å². The third-order valence-corrected chi connectivity index (χ3v) is 7.70. The molecular weight excluding hydrogens is 455 g/mol. The van der Waals surface area contributed by atoms with Crippen LogP contribution in [0.3, 0.4) is 0 Å². The lowest BCUT2D eigenvalue weighted by atomic mass is 10.1. The van der Waals surface area contributed by atoms with Gasteiger partial charge in [0.05, 0.1) is 17.0 Å². The maximum Gasteiger partial charge on any atom is 0.416 e. The highest BCUT2D eigenvalue weighted by Gasteiger charge is 2.31. The highest BCUT2D eigenvalue weighted by Crippen LogP contribution is 2.32. The van der Waals surface area contributed by atoms with E-state index >= 15 is 0 Å². The molecule has 0 atom stereocenters. The molecular formula is C23H24F3N3O3S. The number of nitrogens with zero attached hydrogens (tertiary/aromatic N) is 3. The van der Waals surface area contributed by atoms with Gasteiger partial charge in [0.25, 0.3) is 0 Å². The Labute approximate surface area is 191 Å². The predicted molar refractivity (Wildman–Crippen MR) is 121 cm³/mol. The summed E-state index contributed by atoms with van der Waals surface area (Å²) in [5.74, 6) is -0.0191. The maximum absolute atomic E-state index is 13.0. The van der Waals surface area contributed by atoms with Crippen LogP contribution in [0.5, 0.6) is 0 Å². The van der Waals surface area contributed by atoms with E-state index in [0.717, 1.165) is 17.7 Å².